The number of hydrogen-bond acceptors (Lipinski definition) is 6. The molecule has 0 spiro atoms. The Morgan fingerprint density at radius 2 is 2.19 bits per heavy atom. The smallest absolute Gasteiger partial charge is 0.252 e. The van der Waals surface area contributed by atoms with Crippen LogP contribution in [0.2, 0.25) is 0 Å². The second-order valence-corrected chi connectivity index (χ2v) is 6.95. The molecule has 1 N–H and O–H groups in total. The maximum absolute atomic E-state index is 13.0. The third-order valence-corrected chi connectivity index (χ3v) is 5.00. The number of amides is 2. The number of amidine groups is 1. The van der Waals surface area contributed by atoms with Crippen molar-refractivity contribution in [3.05, 3.63) is 54.2 Å². The van der Waals surface area contributed by atoms with Crippen LogP contribution in [0.4, 0.5) is 5.13 Å². The number of nitrogens with one attached hydrogen (secondary N) is 1. The lowest BCUT2D eigenvalue weighted by Crippen LogP contribution is -2.58. The van der Waals surface area contributed by atoms with Gasteiger partial charge >= 0.3 is 0 Å². The molecule has 4 rings (SSSR count). The van der Waals surface area contributed by atoms with E-state index >= 15 is 0 Å². The summed E-state index contributed by atoms with van der Waals surface area (Å²) in [5.41, 5.74) is 0.368. The fourth-order valence-electron chi connectivity index (χ4n) is 2.87. The predicted octanol–water partition coefficient (Wildman–Crippen LogP) is 2.62. The predicted molar refractivity (Wildman–Crippen MR) is 99.6 cm³/mol. The van der Waals surface area contributed by atoms with E-state index in [-0.39, 0.29) is 18.2 Å². The molecular formula is C18H15N5O2S. The summed E-state index contributed by atoms with van der Waals surface area (Å²) in [5, 5.41) is 5.13. The minimum absolute atomic E-state index is 0.00101. The first kappa shape index (κ1) is 16.3. The van der Waals surface area contributed by atoms with Crippen LogP contribution in [0.1, 0.15) is 13.3 Å². The van der Waals surface area contributed by atoms with Crippen LogP contribution in [0.15, 0.2) is 59.2 Å². The van der Waals surface area contributed by atoms with Crippen molar-refractivity contribution in [2.75, 3.05) is 5.32 Å². The number of aliphatic imine (C=N–C) groups is 1. The van der Waals surface area contributed by atoms with Crippen molar-refractivity contribution in [3.8, 4) is 11.4 Å². The molecule has 26 heavy (non-hydrogen) atoms. The Bertz CT molecular complexity index is 963. The highest BCUT2D eigenvalue weighted by Gasteiger charge is 2.45. The lowest BCUT2D eigenvalue weighted by molar-refractivity contribution is -0.130. The van der Waals surface area contributed by atoms with Crippen molar-refractivity contribution in [1.29, 1.82) is 0 Å². The minimum atomic E-state index is -1.06. The van der Waals surface area contributed by atoms with Crippen LogP contribution < -0.4 is 5.32 Å². The number of pyridine rings is 1. The lowest BCUT2D eigenvalue weighted by Gasteiger charge is -2.41. The Labute approximate surface area is 153 Å². The third kappa shape index (κ3) is 2.84. The van der Waals surface area contributed by atoms with Crippen LogP contribution in [-0.2, 0) is 9.59 Å². The zero-order valence-corrected chi connectivity index (χ0v) is 14.7. The van der Waals surface area contributed by atoms with Crippen LogP contribution >= 0.6 is 11.3 Å². The molecule has 2 amide bonds. The first-order valence-corrected chi connectivity index (χ1v) is 8.88. The van der Waals surface area contributed by atoms with E-state index in [1.54, 1.807) is 36.4 Å². The van der Waals surface area contributed by atoms with Crippen molar-refractivity contribution in [2.45, 2.75) is 18.9 Å². The Morgan fingerprint density at radius 3 is 3.00 bits per heavy atom. The molecule has 7 nitrogen and oxygen atoms in total. The Kier molecular flexibility index (Phi) is 3.96. The molecule has 0 bridgehead atoms. The summed E-state index contributed by atoms with van der Waals surface area (Å²) in [6.45, 7) is 1.73. The van der Waals surface area contributed by atoms with Crippen molar-refractivity contribution >= 4 is 34.1 Å². The normalized spacial score (nSPS) is 21.3. The van der Waals surface area contributed by atoms with E-state index in [4.69, 9.17) is 0 Å². The number of allylic oxidation sites excluding steroid dienone is 2. The quantitative estimate of drug-likeness (QED) is 0.903. The fourth-order valence-corrected chi connectivity index (χ4v) is 3.57. The number of fused-ring (bicyclic) bond motifs is 1. The van der Waals surface area contributed by atoms with Crippen LogP contribution in [0.5, 0.6) is 0 Å². The van der Waals surface area contributed by atoms with Crippen LogP contribution in [-0.4, -0.2) is 38.1 Å². The molecule has 0 aromatic carbocycles. The molecule has 130 valence electrons. The lowest BCUT2D eigenvalue weighted by atomic mass is 9.91. The molecule has 0 radical (unpaired) electrons. The molecule has 2 aliphatic rings. The van der Waals surface area contributed by atoms with E-state index in [9.17, 15) is 9.59 Å². The third-order valence-electron chi connectivity index (χ3n) is 4.25. The molecule has 2 aromatic rings. The van der Waals surface area contributed by atoms with Gasteiger partial charge < -0.3 is 4.90 Å². The molecule has 2 aliphatic heterocycles. The van der Waals surface area contributed by atoms with Crippen molar-refractivity contribution in [2.24, 2.45) is 4.99 Å². The number of thiazole rings is 1. The topological polar surface area (TPSA) is 87.5 Å². The highest BCUT2D eigenvalue weighted by Crippen LogP contribution is 2.30. The molecule has 4 heterocycles. The number of carbonyl (C=O) groups excluding carboxylic acids is 2. The SMILES string of the molecule is CC1(C(=O)Nc2nc(-c3ccccn3)cs2)CC(=O)N=C2C=CC=CN21. The summed E-state index contributed by atoms with van der Waals surface area (Å²) < 4.78 is 0. The Hall–Kier alpha value is -3.13. The van der Waals surface area contributed by atoms with Gasteiger partial charge in [-0.05, 0) is 31.2 Å². The van der Waals surface area contributed by atoms with Gasteiger partial charge in [0.15, 0.2) is 5.13 Å². The molecule has 0 fully saturated rings. The maximum atomic E-state index is 13.0. The largest absolute Gasteiger partial charge is 0.317 e. The number of rotatable bonds is 3. The standard InChI is InChI=1S/C18H15N5O2S/c1-18(10-15(24)21-14-7-3-5-9-23(14)18)16(25)22-17-20-13(11-26-17)12-6-2-4-8-19-12/h2-9,11H,10H2,1H3,(H,20,22,25). The summed E-state index contributed by atoms with van der Waals surface area (Å²) in [6.07, 6.45) is 8.75. The molecule has 1 atom stereocenters. The first-order valence-electron chi connectivity index (χ1n) is 8.00. The fraction of sp³-hybridized carbons (Fsp3) is 0.167. The van der Waals surface area contributed by atoms with E-state index in [0.717, 1.165) is 5.69 Å². The molecule has 0 saturated carbocycles. The molecule has 2 aromatic heterocycles. The summed E-state index contributed by atoms with van der Waals surface area (Å²) in [7, 11) is 0. The molecule has 0 aliphatic carbocycles. The highest BCUT2D eigenvalue weighted by molar-refractivity contribution is 7.14. The molecular weight excluding hydrogens is 350 g/mol. The van der Waals surface area contributed by atoms with Gasteiger partial charge in [-0.2, -0.15) is 4.99 Å². The summed E-state index contributed by atoms with van der Waals surface area (Å²) >= 11 is 1.32. The average Bonchev–Trinajstić information content (AvgIpc) is 3.11. The van der Waals surface area contributed by atoms with E-state index in [1.165, 1.54) is 11.3 Å². The second-order valence-electron chi connectivity index (χ2n) is 6.09. The van der Waals surface area contributed by atoms with Gasteiger partial charge in [-0.15, -0.1) is 11.3 Å². The van der Waals surface area contributed by atoms with Crippen molar-refractivity contribution < 1.29 is 9.59 Å². The summed E-state index contributed by atoms with van der Waals surface area (Å²) in [6, 6.07) is 5.57. The van der Waals surface area contributed by atoms with Gasteiger partial charge in [-0.25, -0.2) is 4.98 Å². The van der Waals surface area contributed by atoms with Crippen molar-refractivity contribution in [1.82, 2.24) is 14.9 Å². The molecule has 1 unspecified atom stereocenters. The summed E-state index contributed by atoms with van der Waals surface area (Å²) in [5.74, 6) is -0.156. The van der Waals surface area contributed by atoms with Crippen molar-refractivity contribution in [3.63, 3.8) is 0 Å². The van der Waals surface area contributed by atoms with Gasteiger partial charge in [0.1, 0.15) is 17.1 Å². The van der Waals surface area contributed by atoms with Gasteiger partial charge in [0.25, 0.3) is 11.8 Å². The van der Waals surface area contributed by atoms with E-state index < -0.39 is 5.54 Å². The number of carbonyl (C=O) groups is 2. The van der Waals surface area contributed by atoms with E-state index in [2.05, 4.69) is 20.3 Å². The Morgan fingerprint density at radius 1 is 1.31 bits per heavy atom. The zero-order valence-electron chi connectivity index (χ0n) is 13.9. The zero-order chi connectivity index (χ0) is 18.1. The van der Waals surface area contributed by atoms with Gasteiger partial charge in [-0.3, -0.25) is 19.9 Å². The number of hydrogen-bond donors (Lipinski definition) is 1. The monoisotopic (exact) mass is 365 g/mol. The van der Waals surface area contributed by atoms with Gasteiger partial charge in [-0.1, -0.05) is 12.1 Å². The second kappa shape index (κ2) is 6.30. The average molecular weight is 365 g/mol. The minimum Gasteiger partial charge on any atom is -0.317 e. The summed E-state index contributed by atoms with van der Waals surface area (Å²) in [4.78, 5) is 39.4. The number of aromatic nitrogens is 2. The number of nitrogens with zero attached hydrogens (tertiary/aromatic N) is 4. The molecule has 0 saturated heterocycles. The van der Waals surface area contributed by atoms with Gasteiger partial charge in [0, 0.05) is 17.8 Å². The number of anilines is 1. The highest BCUT2D eigenvalue weighted by atomic mass is 32.1. The first-order chi connectivity index (χ1) is 12.6. The molecule has 8 heteroatoms. The van der Waals surface area contributed by atoms with E-state index in [0.29, 0.717) is 16.7 Å². The van der Waals surface area contributed by atoms with Crippen LogP contribution in [0.3, 0.4) is 0 Å². The van der Waals surface area contributed by atoms with Crippen LogP contribution in [0, 0.1) is 0 Å². The Balaban J connectivity index is 1.57. The van der Waals surface area contributed by atoms with E-state index in [1.807, 2.05) is 29.7 Å². The van der Waals surface area contributed by atoms with Crippen LogP contribution in [0.25, 0.3) is 11.4 Å². The van der Waals surface area contributed by atoms with Gasteiger partial charge in [0.05, 0.1) is 12.1 Å². The van der Waals surface area contributed by atoms with Gasteiger partial charge in [0.2, 0.25) is 0 Å². The maximum Gasteiger partial charge on any atom is 0.252 e.